The van der Waals surface area contributed by atoms with Crippen LogP contribution in [0.3, 0.4) is 0 Å². The molecule has 1 unspecified atom stereocenters. The summed E-state index contributed by atoms with van der Waals surface area (Å²) in [4.78, 5) is 55.3. The molecule has 0 radical (unpaired) electrons. The van der Waals surface area contributed by atoms with E-state index in [2.05, 4.69) is 11.6 Å². The highest BCUT2D eigenvalue weighted by Crippen LogP contribution is 2.44. The fourth-order valence-corrected chi connectivity index (χ4v) is 5.00. The molecule has 1 atom stereocenters. The number of hydrogen-bond acceptors (Lipinski definition) is 10. The average molecular weight is 550 g/mol. The third-order valence-electron chi connectivity index (χ3n) is 5.81. The Morgan fingerprint density at radius 3 is 2.46 bits per heavy atom. The van der Waals surface area contributed by atoms with Gasteiger partial charge in [0.05, 0.1) is 28.8 Å². The molecule has 11 nitrogen and oxygen atoms in total. The summed E-state index contributed by atoms with van der Waals surface area (Å²) in [6, 6.07) is 10.3. The van der Waals surface area contributed by atoms with Gasteiger partial charge >= 0.3 is 11.9 Å². The van der Waals surface area contributed by atoms with Crippen molar-refractivity contribution in [3.63, 3.8) is 0 Å². The summed E-state index contributed by atoms with van der Waals surface area (Å²) in [6.45, 7) is 7.22. The van der Waals surface area contributed by atoms with E-state index in [1.54, 1.807) is 32.1 Å². The molecular weight excluding hydrogens is 526 g/mol. The van der Waals surface area contributed by atoms with Gasteiger partial charge in [-0.25, -0.2) is 9.78 Å². The number of esters is 1. The molecule has 1 aliphatic heterocycles. The first kappa shape index (κ1) is 27.2. The monoisotopic (exact) mass is 549 g/mol. The molecule has 1 aromatic heterocycles. The Hall–Kier alpha value is -4.84. The number of carbonyl (C=O) groups excluding carboxylic acids is 3. The molecule has 12 heteroatoms. The number of aliphatic hydroxyl groups is 1. The standard InChI is InChI=1S/C27H23N3O8S/c1-4-14-38-19-12-8-17(9-13-19)22(31)20-21(16-6-10-18(11-7-16)30(35)36)29(25(33)23(20)32)27-28-15(3)24(39-27)26(34)37-5-2/h4,6-13,21,31H,1,5,14H2,2-3H3/b22-20+. The van der Waals surface area contributed by atoms with Gasteiger partial charge < -0.3 is 14.6 Å². The predicted octanol–water partition coefficient (Wildman–Crippen LogP) is 4.73. The Morgan fingerprint density at radius 1 is 1.21 bits per heavy atom. The Bertz CT molecular complexity index is 1490. The first-order chi connectivity index (χ1) is 18.7. The number of amides is 1. The lowest BCUT2D eigenvalue weighted by molar-refractivity contribution is -0.384. The lowest BCUT2D eigenvalue weighted by Crippen LogP contribution is -2.29. The molecular formula is C27H23N3O8S. The van der Waals surface area contributed by atoms with E-state index in [9.17, 15) is 29.6 Å². The highest BCUT2D eigenvalue weighted by Gasteiger charge is 2.48. The second kappa shape index (κ2) is 11.3. The van der Waals surface area contributed by atoms with Crippen LogP contribution < -0.4 is 9.64 Å². The number of non-ortho nitro benzene ring substituents is 1. The van der Waals surface area contributed by atoms with Gasteiger partial charge in [-0.3, -0.25) is 24.6 Å². The molecule has 1 saturated heterocycles. The van der Waals surface area contributed by atoms with Gasteiger partial charge in [0, 0.05) is 17.7 Å². The van der Waals surface area contributed by atoms with E-state index in [1.807, 2.05) is 0 Å². The number of nitro groups is 1. The number of thiazole rings is 1. The van der Waals surface area contributed by atoms with Gasteiger partial charge in [-0.05, 0) is 55.8 Å². The number of benzene rings is 2. The molecule has 2 aromatic carbocycles. The Kier molecular flexibility index (Phi) is 7.86. The van der Waals surface area contributed by atoms with Gasteiger partial charge in [0.15, 0.2) is 5.13 Å². The van der Waals surface area contributed by atoms with Crippen LogP contribution in [-0.2, 0) is 14.3 Å². The molecule has 3 aromatic rings. The second-order valence-electron chi connectivity index (χ2n) is 8.27. The number of nitrogens with zero attached hydrogens (tertiary/aromatic N) is 3. The van der Waals surface area contributed by atoms with Crippen LogP contribution in [0.15, 0.2) is 66.8 Å². The van der Waals surface area contributed by atoms with E-state index >= 15 is 0 Å². The first-order valence-corrected chi connectivity index (χ1v) is 12.5. The van der Waals surface area contributed by atoms with Crippen LogP contribution in [0.1, 0.15) is 39.5 Å². The van der Waals surface area contributed by atoms with Crippen LogP contribution in [0.2, 0.25) is 0 Å². The lowest BCUT2D eigenvalue weighted by atomic mass is 9.95. The van der Waals surface area contributed by atoms with E-state index in [0.29, 0.717) is 17.0 Å². The fourth-order valence-electron chi connectivity index (χ4n) is 4.01. The maximum absolute atomic E-state index is 13.3. The molecule has 1 N–H and O–H groups in total. The van der Waals surface area contributed by atoms with E-state index in [-0.39, 0.29) is 40.0 Å². The summed E-state index contributed by atoms with van der Waals surface area (Å²) in [5, 5.41) is 22.5. The highest BCUT2D eigenvalue weighted by molar-refractivity contribution is 7.17. The Balaban J connectivity index is 1.86. The minimum atomic E-state index is -1.18. The molecule has 0 bridgehead atoms. The number of aryl methyl sites for hydroxylation is 1. The molecule has 1 fully saturated rings. The van der Waals surface area contributed by atoms with Gasteiger partial charge in [-0.1, -0.05) is 24.0 Å². The molecule has 39 heavy (non-hydrogen) atoms. The third kappa shape index (κ3) is 5.27. The molecule has 1 aliphatic rings. The van der Waals surface area contributed by atoms with Crippen LogP contribution >= 0.6 is 11.3 Å². The van der Waals surface area contributed by atoms with Crippen molar-refractivity contribution in [2.45, 2.75) is 19.9 Å². The number of ether oxygens (including phenoxy) is 2. The second-order valence-corrected chi connectivity index (χ2v) is 9.25. The zero-order chi connectivity index (χ0) is 28.3. The topological polar surface area (TPSA) is 149 Å². The third-order valence-corrected chi connectivity index (χ3v) is 6.95. The van der Waals surface area contributed by atoms with Crippen LogP contribution in [-0.4, -0.2) is 45.9 Å². The number of rotatable bonds is 9. The summed E-state index contributed by atoms with van der Waals surface area (Å²) >= 11 is 0.866. The summed E-state index contributed by atoms with van der Waals surface area (Å²) in [6.07, 6.45) is 1.58. The molecule has 2 heterocycles. The van der Waals surface area contributed by atoms with Crippen LogP contribution in [0, 0.1) is 17.0 Å². The van der Waals surface area contributed by atoms with Crippen molar-refractivity contribution in [3.8, 4) is 5.75 Å². The number of ketones is 1. The van der Waals surface area contributed by atoms with Gasteiger partial charge in [0.25, 0.3) is 11.5 Å². The molecule has 1 amide bonds. The van der Waals surface area contributed by atoms with Gasteiger partial charge in [-0.2, -0.15) is 0 Å². The van der Waals surface area contributed by atoms with Crippen LogP contribution in [0.4, 0.5) is 10.8 Å². The number of Topliss-reactive ketones (excluding diaryl/α,β-unsaturated/α-hetero) is 1. The summed E-state index contributed by atoms with van der Waals surface area (Å²) in [5.74, 6) is -2.53. The summed E-state index contributed by atoms with van der Waals surface area (Å²) < 4.78 is 10.5. The van der Waals surface area contributed by atoms with Gasteiger partial charge in [0.1, 0.15) is 23.0 Å². The fraction of sp³-hybridized carbons (Fsp3) is 0.185. The lowest BCUT2D eigenvalue weighted by Gasteiger charge is -2.23. The van der Waals surface area contributed by atoms with Crippen molar-refractivity contribution < 1.29 is 33.9 Å². The highest BCUT2D eigenvalue weighted by atomic mass is 32.1. The SMILES string of the molecule is C=CCOc1ccc(/C(O)=C2\C(=O)C(=O)N(c3nc(C)c(C(=O)OCC)s3)C2c2ccc([N+](=O)[O-])cc2)cc1. The minimum Gasteiger partial charge on any atom is -0.507 e. The Morgan fingerprint density at radius 2 is 1.87 bits per heavy atom. The van der Waals surface area contributed by atoms with Gasteiger partial charge in [-0.15, -0.1) is 0 Å². The van der Waals surface area contributed by atoms with Crippen molar-refractivity contribution in [2.24, 2.45) is 0 Å². The number of nitro benzene ring substituents is 1. The predicted molar refractivity (Wildman–Crippen MR) is 143 cm³/mol. The first-order valence-electron chi connectivity index (χ1n) is 11.7. The molecule has 0 aliphatic carbocycles. The zero-order valence-corrected chi connectivity index (χ0v) is 21.8. The normalized spacial score (nSPS) is 16.3. The van der Waals surface area contributed by atoms with Crippen molar-refractivity contribution >= 4 is 45.6 Å². The van der Waals surface area contributed by atoms with Gasteiger partial charge in [0.2, 0.25) is 0 Å². The molecule has 0 spiro atoms. The summed E-state index contributed by atoms with van der Waals surface area (Å²) in [7, 11) is 0. The maximum atomic E-state index is 13.3. The molecule has 4 rings (SSSR count). The van der Waals surface area contributed by atoms with Crippen molar-refractivity contribution in [1.82, 2.24) is 4.98 Å². The van der Waals surface area contributed by atoms with Crippen LogP contribution in [0.5, 0.6) is 5.75 Å². The summed E-state index contributed by atoms with van der Waals surface area (Å²) in [5.41, 5.74) is 0.429. The number of carbonyl (C=O) groups is 3. The number of aliphatic hydroxyl groups excluding tert-OH is 1. The van der Waals surface area contributed by atoms with Crippen molar-refractivity contribution in [3.05, 3.63) is 98.6 Å². The quantitative estimate of drug-likeness (QED) is 0.0760. The molecule has 200 valence electrons. The van der Waals surface area contributed by atoms with Crippen molar-refractivity contribution in [1.29, 1.82) is 0 Å². The number of anilines is 1. The maximum Gasteiger partial charge on any atom is 0.350 e. The van der Waals surface area contributed by atoms with Crippen LogP contribution in [0.25, 0.3) is 5.76 Å². The zero-order valence-electron chi connectivity index (χ0n) is 20.9. The van der Waals surface area contributed by atoms with E-state index in [1.165, 1.54) is 36.4 Å². The number of hydrogen-bond donors (Lipinski definition) is 1. The van der Waals surface area contributed by atoms with E-state index in [4.69, 9.17) is 9.47 Å². The smallest absolute Gasteiger partial charge is 0.350 e. The number of aromatic nitrogens is 1. The van der Waals surface area contributed by atoms with Crippen molar-refractivity contribution in [2.75, 3.05) is 18.1 Å². The minimum absolute atomic E-state index is 0.0354. The largest absolute Gasteiger partial charge is 0.507 e. The van der Waals surface area contributed by atoms with E-state index < -0.39 is 34.4 Å². The average Bonchev–Trinajstić information content (AvgIpc) is 3.44. The molecule has 0 saturated carbocycles. The Labute approximate surface area is 226 Å². The van der Waals surface area contributed by atoms with E-state index in [0.717, 1.165) is 16.2 Å².